The molecule has 0 aromatic carbocycles. The first-order valence-electron chi connectivity index (χ1n) is 7.41. The largest absolute Gasteiger partial charge is 0.368 e. The first kappa shape index (κ1) is 19.7. The highest BCUT2D eigenvalue weighted by Crippen LogP contribution is 2.37. The van der Waals surface area contributed by atoms with E-state index < -0.39 is 39.8 Å². The van der Waals surface area contributed by atoms with E-state index in [1.54, 1.807) is 0 Å². The molecular weight excluding hydrogens is 378 g/mol. The molecule has 2 rings (SSSR count). The molecule has 1 aromatic heterocycles. The van der Waals surface area contributed by atoms with Gasteiger partial charge in [0.05, 0.1) is 4.88 Å². The highest BCUT2D eigenvalue weighted by atomic mass is 32.2. The molecule has 7 nitrogen and oxygen atoms in total. The number of alkyl halides is 2. The van der Waals surface area contributed by atoms with Crippen molar-refractivity contribution in [1.82, 2.24) is 4.72 Å². The van der Waals surface area contributed by atoms with Gasteiger partial charge in [-0.1, -0.05) is 0 Å². The number of rotatable bonds is 6. The van der Waals surface area contributed by atoms with Crippen LogP contribution in [0.25, 0.3) is 0 Å². The van der Waals surface area contributed by atoms with Crippen LogP contribution in [0.2, 0.25) is 0 Å². The van der Waals surface area contributed by atoms with Crippen LogP contribution >= 0.6 is 11.3 Å². The van der Waals surface area contributed by atoms with Gasteiger partial charge in [0.2, 0.25) is 6.43 Å². The maximum absolute atomic E-state index is 12.8. The summed E-state index contributed by atoms with van der Waals surface area (Å²) in [4.78, 5) is 23.6. The van der Waals surface area contributed by atoms with Gasteiger partial charge in [0.25, 0.3) is 21.8 Å². The van der Waals surface area contributed by atoms with Crippen molar-refractivity contribution < 1.29 is 31.5 Å². The second-order valence-electron chi connectivity index (χ2n) is 5.79. The fourth-order valence-corrected chi connectivity index (χ4v) is 4.95. The molecular formula is C14H18F2N2O5S2. The molecule has 25 heavy (non-hydrogen) atoms. The molecule has 140 valence electrons. The van der Waals surface area contributed by atoms with Crippen molar-refractivity contribution in [2.75, 3.05) is 7.11 Å². The molecule has 1 aliphatic carbocycles. The molecule has 0 unspecified atom stereocenters. The Kier molecular flexibility index (Phi) is 5.79. The summed E-state index contributed by atoms with van der Waals surface area (Å²) in [7, 11) is -2.98. The van der Waals surface area contributed by atoms with Gasteiger partial charge in [0, 0.05) is 13.0 Å². The van der Waals surface area contributed by atoms with Crippen molar-refractivity contribution >= 4 is 33.2 Å². The number of thiophene rings is 1. The van der Waals surface area contributed by atoms with Gasteiger partial charge in [-0.2, -0.15) is 0 Å². The molecule has 3 N–H and O–H groups in total. The second-order valence-corrected chi connectivity index (χ2v) is 8.78. The van der Waals surface area contributed by atoms with E-state index >= 15 is 0 Å². The molecule has 0 aliphatic heterocycles. The van der Waals surface area contributed by atoms with E-state index in [1.807, 2.05) is 4.72 Å². The minimum atomic E-state index is -4.22. The Balaban J connectivity index is 2.14. The summed E-state index contributed by atoms with van der Waals surface area (Å²) in [5.41, 5.74) is 3.61. The number of hydrogen-bond donors (Lipinski definition) is 2. The van der Waals surface area contributed by atoms with Crippen LogP contribution in [0.15, 0.2) is 16.3 Å². The van der Waals surface area contributed by atoms with Crippen LogP contribution in [0.5, 0.6) is 0 Å². The van der Waals surface area contributed by atoms with Crippen molar-refractivity contribution in [3.8, 4) is 0 Å². The predicted molar refractivity (Wildman–Crippen MR) is 85.9 cm³/mol. The molecule has 1 aliphatic rings. The standard InChI is InChI=1S/C14H18F2N2O5S2/c1-23-14(6-4-8(5-7-14)11(15)16)13(20)18-25(21,22)10-3-2-9(24-10)12(17)19/h2-3,8,11H,4-7H2,1H3,(H2,17,19)(H,18,20). The van der Waals surface area contributed by atoms with Gasteiger partial charge in [-0.3, -0.25) is 9.59 Å². The number of carbonyl (C=O) groups excluding carboxylic acids is 2. The van der Waals surface area contributed by atoms with Gasteiger partial charge < -0.3 is 10.5 Å². The monoisotopic (exact) mass is 396 g/mol. The smallest absolute Gasteiger partial charge is 0.273 e. The van der Waals surface area contributed by atoms with E-state index in [4.69, 9.17) is 10.5 Å². The summed E-state index contributed by atoms with van der Waals surface area (Å²) in [6.45, 7) is 0. The van der Waals surface area contributed by atoms with Crippen molar-refractivity contribution in [3.05, 3.63) is 17.0 Å². The van der Waals surface area contributed by atoms with E-state index in [2.05, 4.69) is 0 Å². The fourth-order valence-electron chi connectivity index (χ4n) is 2.74. The Morgan fingerprint density at radius 3 is 2.40 bits per heavy atom. The average molecular weight is 396 g/mol. The third kappa shape index (κ3) is 4.15. The molecule has 0 bridgehead atoms. The third-order valence-corrected chi connectivity index (χ3v) is 7.24. The van der Waals surface area contributed by atoms with Crippen LogP contribution in [0, 0.1) is 5.92 Å². The molecule has 1 saturated carbocycles. The molecule has 1 heterocycles. The van der Waals surface area contributed by atoms with Crippen molar-refractivity contribution in [2.24, 2.45) is 11.7 Å². The van der Waals surface area contributed by atoms with E-state index in [-0.39, 0.29) is 34.8 Å². The first-order valence-corrected chi connectivity index (χ1v) is 9.71. The van der Waals surface area contributed by atoms with Crippen molar-refractivity contribution in [3.63, 3.8) is 0 Å². The zero-order valence-electron chi connectivity index (χ0n) is 13.3. The fraction of sp³-hybridized carbons (Fsp3) is 0.571. The third-order valence-electron chi connectivity index (χ3n) is 4.31. The van der Waals surface area contributed by atoms with E-state index in [9.17, 15) is 26.8 Å². The number of hydrogen-bond acceptors (Lipinski definition) is 6. The van der Waals surface area contributed by atoms with Gasteiger partial charge in [-0.25, -0.2) is 21.9 Å². The summed E-state index contributed by atoms with van der Waals surface area (Å²) in [6.07, 6.45) is -2.37. The molecule has 0 spiro atoms. The number of methoxy groups -OCH3 is 1. The predicted octanol–water partition coefficient (Wildman–Crippen LogP) is 1.49. The van der Waals surface area contributed by atoms with Gasteiger partial charge in [0.1, 0.15) is 9.81 Å². The van der Waals surface area contributed by atoms with Crippen molar-refractivity contribution in [2.45, 2.75) is 41.9 Å². The Morgan fingerprint density at radius 2 is 1.96 bits per heavy atom. The van der Waals surface area contributed by atoms with Crippen LogP contribution in [0.4, 0.5) is 8.78 Å². The maximum Gasteiger partial charge on any atom is 0.273 e. The zero-order chi connectivity index (χ0) is 18.8. The lowest BCUT2D eigenvalue weighted by Crippen LogP contribution is -2.52. The quantitative estimate of drug-likeness (QED) is 0.756. The summed E-state index contributed by atoms with van der Waals surface area (Å²) in [5.74, 6) is -2.52. The normalized spacial score (nSPS) is 24.2. The minimum absolute atomic E-state index is 0.00314. The summed E-state index contributed by atoms with van der Waals surface area (Å²) in [5, 5.41) is 0. The van der Waals surface area contributed by atoms with E-state index in [0.717, 1.165) is 6.07 Å². The number of nitrogens with one attached hydrogen (secondary N) is 1. The Labute approximate surface area is 147 Å². The lowest BCUT2D eigenvalue weighted by Gasteiger charge is -2.37. The summed E-state index contributed by atoms with van der Waals surface area (Å²) in [6, 6.07) is 2.40. The second kappa shape index (κ2) is 7.34. The lowest BCUT2D eigenvalue weighted by atomic mass is 9.78. The van der Waals surface area contributed by atoms with Gasteiger partial charge in [-0.05, 0) is 37.8 Å². The molecule has 0 radical (unpaired) electrons. The van der Waals surface area contributed by atoms with Gasteiger partial charge in [-0.15, -0.1) is 11.3 Å². The Morgan fingerprint density at radius 1 is 1.36 bits per heavy atom. The van der Waals surface area contributed by atoms with Crippen LogP contribution in [0.3, 0.4) is 0 Å². The number of sulfonamides is 1. The molecule has 0 atom stereocenters. The van der Waals surface area contributed by atoms with Crippen LogP contribution in [-0.2, 0) is 19.6 Å². The number of ether oxygens (including phenoxy) is 1. The number of nitrogens with two attached hydrogens (primary N) is 1. The first-order chi connectivity index (χ1) is 11.6. The average Bonchev–Trinajstić information content (AvgIpc) is 3.05. The number of primary amides is 1. The topological polar surface area (TPSA) is 116 Å². The molecule has 1 fully saturated rings. The number of carbonyl (C=O) groups is 2. The van der Waals surface area contributed by atoms with Crippen LogP contribution < -0.4 is 10.5 Å². The van der Waals surface area contributed by atoms with Crippen molar-refractivity contribution in [1.29, 1.82) is 0 Å². The number of amides is 2. The lowest BCUT2D eigenvalue weighted by molar-refractivity contribution is -0.148. The molecule has 1 aromatic rings. The van der Waals surface area contributed by atoms with Crippen LogP contribution in [-0.4, -0.2) is 39.4 Å². The Bertz CT molecular complexity index is 755. The van der Waals surface area contributed by atoms with E-state index in [0.29, 0.717) is 11.3 Å². The minimum Gasteiger partial charge on any atom is -0.368 e. The summed E-state index contributed by atoms with van der Waals surface area (Å²) >= 11 is 0.630. The highest BCUT2D eigenvalue weighted by molar-refractivity contribution is 7.92. The molecule has 0 saturated heterocycles. The van der Waals surface area contributed by atoms with Crippen LogP contribution in [0.1, 0.15) is 35.4 Å². The molecule has 11 heteroatoms. The highest BCUT2D eigenvalue weighted by Gasteiger charge is 2.45. The molecule has 2 amide bonds. The Hall–Kier alpha value is -1.59. The van der Waals surface area contributed by atoms with Gasteiger partial charge in [0.15, 0.2) is 0 Å². The summed E-state index contributed by atoms with van der Waals surface area (Å²) < 4.78 is 57.0. The van der Waals surface area contributed by atoms with Gasteiger partial charge >= 0.3 is 0 Å². The van der Waals surface area contributed by atoms with E-state index in [1.165, 1.54) is 13.2 Å². The SMILES string of the molecule is COC1(C(=O)NS(=O)(=O)c2ccc(C(N)=O)s2)CCC(C(F)F)CC1. The zero-order valence-corrected chi connectivity index (χ0v) is 15.0. The maximum atomic E-state index is 12.8. The number of halogens is 2.